The summed E-state index contributed by atoms with van der Waals surface area (Å²) in [4.78, 5) is 16.3. The highest BCUT2D eigenvalue weighted by Crippen LogP contribution is 2.30. The number of amides is 1. The van der Waals surface area contributed by atoms with Gasteiger partial charge in [0, 0.05) is 16.0 Å². The lowest BCUT2D eigenvalue weighted by atomic mass is 10.2. The van der Waals surface area contributed by atoms with Crippen molar-refractivity contribution in [1.82, 2.24) is 4.98 Å². The molecule has 3 aromatic rings. The van der Waals surface area contributed by atoms with Crippen LogP contribution in [0, 0.1) is 0 Å². The van der Waals surface area contributed by atoms with E-state index in [1.807, 2.05) is 23.6 Å². The van der Waals surface area contributed by atoms with Crippen molar-refractivity contribution in [2.24, 2.45) is 0 Å². The molecule has 0 radical (unpaired) electrons. The Kier molecular flexibility index (Phi) is 3.96. The van der Waals surface area contributed by atoms with Crippen LogP contribution in [-0.2, 0) is 0 Å². The van der Waals surface area contributed by atoms with E-state index >= 15 is 0 Å². The molecule has 0 saturated heterocycles. The minimum absolute atomic E-state index is 0.0513. The summed E-state index contributed by atoms with van der Waals surface area (Å²) in [5.41, 5.74) is 1.79. The van der Waals surface area contributed by atoms with Crippen molar-refractivity contribution in [1.29, 1.82) is 0 Å². The van der Waals surface area contributed by atoms with Gasteiger partial charge in [-0.1, -0.05) is 29.8 Å². The normalized spacial score (nSPS) is 10.6. The second kappa shape index (κ2) is 5.89. The number of thiazole rings is 1. The van der Waals surface area contributed by atoms with Crippen LogP contribution in [0.15, 0.2) is 46.4 Å². The van der Waals surface area contributed by atoms with Gasteiger partial charge in [0.2, 0.25) is 5.22 Å². The fourth-order valence-electron chi connectivity index (χ4n) is 1.74. The van der Waals surface area contributed by atoms with Crippen LogP contribution in [0.1, 0.15) is 10.4 Å². The van der Waals surface area contributed by atoms with Gasteiger partial charge in [0.05, 0.1) is 17.5 Å². The number of furan rings is 1. The first-order chi connectivity index (χ1) is 10.1. The van der Waals surface area contributed by atoms with Crippen molar-refractivity contribution in [3.05, 3.63) is 57.8 Å². The Bertz CT molecular complexity index is 798. The average Bonchev–Trinajstić information content (AvgIpc) is 3.08. The molecule has 0 fully saturated rings. The number of anilines is 1. The zero-order valence-corrected chi connectivity index (χ0v) is 12.8. The maximum absolute atomic E-state index is 12.0. The fraction of sp³-hybridized carbons (Fsp3) is 0. The number of carbonyl (C=O) groups is 1. The number of carbonyl (C=O) groups excluding carboxylic acids is 1. The molecule has 3 rings (SSSR count). The number of aromatic nitrogens is 1. The summed E-state index contributed by atoms with van der Waals surface area (Å²) in [7, 11) is 0. The first-order valence-electron chi connectivity index (χ1n) is 5.90. The Morgan fingerprint density at radius 2 is 2.05 bits per heavy atom. The smallest absolute Gasteiger partial charge is 0.262 e. The topological polar surface area (TPSA) is 55.1 Å². The Labute approximate surface area is 134 Å². The molecule has 1 N–H and O–H groups in total. The number of hydrogen-bond acceptors (Lipinski definition) is 4. The van der Waals surface area contributed by atoms with Crippen LogP contribution in [-0.4, -0.2) is 10.9 Å². The Morgan fingerprint density at radius 3 is 2.76 bits per heavy atom. The highest BCUT2D eigenvalue weighted by molar-refractivity contribution is 7.14. The monoisotopic (exact) mass is 338 g/mol. The van der Waals surface area contributed by atoms with Gasteiger partial charge >= 0.3 is 0 Å². The molecule has 7 heteroatoms. The standard InChI is InChI=1S/C14H8Cl2N2O2S/c15-10-4-2-1-3-8(10)11-7-21-14(17-11)18-13(19)9-5-6-20-12(9)16/h1-7H,(H,17,18,19). The third-order valence-electron chi connectivity index (χ3n) is 2.74. The molecule has 0 spiro atoms. The highest BCUT2D eigenvalue weighted by atomic mass is 35.5. The summed E-state index contributed by atoms with van der Waals surface area (Å²) >= 11 is 13.2. The molecular formula is C14H8Cl2N2O2S. The van der Waals surface area contributed by atoms with Gasteiger partial charge in [-0.15, -0.1) is 11.3 Å². The molecule has 21 heavy (non-hydrogen) atoms. The summed E-state index contributed by atoms with van der Waals surface area (Å²) in [6.07, 6.45) is 1.36. The van der Waals surface area contributed by atoms with E-state index in [1.54, 1.807) is 6.07 Å². The van der Waals surface area contributed by atoms with E-state index in [-0.39, 0.29) is 16.7 Å². The van der Waals surface area contributed by atoms with Gasteiger partial charge in [-0.2, -0.15) is 0 Å². The molecule has 0 bridgehead atoms. The lowest BCUT2D eigenvalue weighted by molar-refractivity contribution is 0.102. The van der Waals surface area contributed by atoms with Crippen molar-refractivity contribution in [2.45, 2.75) is 0 Å². The number of nitrogens with zero attached hydrogens (tertiary/aromatic N) is 1. The van der Waals surface area contributed by atoms with Crippen molar-refractivity contribution in [2.75, 3.05) is 5.32 Å². The van der Waals surface area contributed by atoms with Gasteiger partial charge in [0.15, 0.2) is 5.13 Å². The first-order valence-corrected chi connectivity index (χ1v) is 7.53. The minimum atomic E-state index is -0.367. The highest BCUT2D eigenvalue weighted by Gasteiger charge is 2.15. The second-order valence-electron chi connectivity index (χ2n) is 4.08. The third kappa shape index (κ3) is 2.95. The van der Waals surface area contributed by atoms with Gasteiger partial charge in [-0.05, 0) is 23.7 Å². The lowest BCUT2D eigenvalue weighted by Crippen LogP contribution is -2.11. The molecule has 0 atom stereocenters. The third-order valence-corrected chi connectivity index (χ3v) is 4.12. The summed E-state index contributed by atoms with van der Waals surface area (Å²) in [5.74, 6) is -0.367. The maximum atomic E-state index is 12.0. The number of hydrogen-bond donors (Lipinski definition) is 1. The van der Waals surface area contributed by atoms with E-state index < -0.39 is 0 Å². The van der Waals surface area contributed by atoms with Crippen LogP contribution in [0.5, 0.6) is 0 Å². The van der Waals surface area contributed by atoms with E-state index in [9.17, 15) is 4.79 Å². The zero-order chi connectivity index (χ0) is 14.8. The van der Waals surface area contributed by atoms with Gasteiger partial charge in [0.1, 0.15) is 0 Å². The molecule has 4 nitrogen and oxygen atoms in total. The lowest BCUT2D eigenvalue weighted by Gasteiger charge is -2.00. The van der Waals surface area contributed by atoms with Crippen LogP contribution < -0.4 is 5.32 Å². The molecule has 0 aliphatic carbocycles. The van der Waals surface area contributed by atoms with Crippen LogP contribution in [0.4, 0.5) is 5.13 Å². The quantitative estimate of drug-likeness (QED) is 0.734. The second-order valence-corrected chi connectivity index (χ2v) is 5.69. The average molecular weight is 339 g/mol. The molecule has 2 aromatic heterocycles. The van der Waals surface area contributed by atoms with Crippen molar-refractivity contribution in [3.8, 4) is 11.3 Å². The molecular weight excluding hydrogens is 331 g/mol. The van der Waals surface area contributed by atoms with Crippen molar-refractivity contribution in [3.63, 3.8) is 0 Å². The maximum Gasteiger partial charge on any atom is 0.262 e. The van der Waals surface area contributed by atoms with E-state index in [0.29, 0.717) is 15.8 Å². The zero-order valence-electron chi connectivity index (χ0n) is 10.5. The molecule has 106 valence electrons. The van der Waals surface area contributed by atoms with E-state index in [2.05, 4.69) is 10.3 Å². The van der Waals surface area contributed by atoms with Gasteiger partial charge in [-0.3, -0.25) is 10.1 Å². The molecule has 2 heterocycles. The molecule has 0 unspecified atom stereocenters. The molecule has 1 aromatic carbocycles. The largest absolute Gasteiger partial charge is 0.452 e. The predicted octanol–water partition coefficient (Wildman–Crippen LogP) is 4.96. The minimum Gasteiger partial charge on any atom is -0.452 e. The van der Waals surface area contributed by atoms with Gasteiger partial charge in [-0.25, -0.2) is 4.98 Å². The molecule has 1 amide bonds. The summed E-state index contributed by atoms with van der Waals surface area (Å²) in [6, 6.07) is 8.89. The number of rotatable bonds is 3. The first kappa shape index (κ1) is 14.1. The van der Waals surface area contributed by atoms with E-state index in [1.165, 1.54) is 23.7 Å². The number of benzene rings is 1. The van der Waals surface area contributed by atoms with Crippen LogP contribution in [0.2, 0.25) is 10.2 Å². The van der Waals surface area contributed by atoms with Crippen LogP contribution in [0.3, 0.4) is 0 Å². The van der Waals surface area contributed by atoms with Gasteiger partial charge < -0.3 is 4.42 Å². The predicted molar refractivity (Wildman–Crippen MR) is 84.2 cm³/mol. The van der Waals surface area contributed by atoms with Crippen LogP contribution >= 0.6 is 34.5 Å². The molecule has 0 aliphatic heterocycles. The summed E-state index contributed by atoms with van der Waals surface area (Å²) in [5, 5.41) is 5.63. The Morgan fingerprint density at radius 1 is 1.24 bits per heavy atom. The SMILES string of the molecule is O=C(Nc1nc(-c2ccccc2Cl)cs1)c1ccoc1Cl. The fourth-order valence-corrected chi connectivity index (χ4v) is 2.88. The molecule has 0 aliphatic rings. The van der Waals surface area contributed by atoms with Crippen molar-refractivity contribution >= 4 is 45.6 Å². The molecule has 0 saturated carbocycles. The number of halogens is 2. The van der Waals surface area contributed by atoms with Crippen molar-refractivity contribution < 1.29 is 9.21 Å². The van der Waals surface area contributed by atoms with E-state index in [4.69, 9.17) is 27.6 Å². The Hall–Kier alpha value is -1.82. The van der Waals surface area contributed by atoms with Crippen LogP contribution in [0.25, 0.3) is 11.3 Å². The van der Waals surface area contributed by atoms with Gasteiger partial charge in [0.25, 0.3) is 5.91 Å². The summed E-state index contributed by atoms with van der Waals surface area (Å²) in [6.45, 7) is 0. The summed E-state index contributed by atoms with van der Waals surface area (Å²) < 4.78 is 4.88. The number of nitrogens with one attached hydrogen (secondary N) is 1. The Balaban J connectivity index is 1.82. The van der Waals surface area contributed by atoms with E-state index in [0.717, 1.165) is 5.56 Å².